The lowest BCUT2D eigenvalue weighted by Crippen LogP contribution is -2.39. The van der Waals surface area contributed by atoms with Crippen molar-refractivity contribution in [3.8, 4) is 0 Å². The predicted octanol–water partition coefficient (Wildman–Crippen LogP) is -0.333. The summed E-state index contributed by atoms with van der Waals surface area (Å²) in [6.07, 6.45) is 4.75. The van der Waals surface area contributed by atoms with E-state index in [1.54, 1.807) is 18.1 Å². The Morgan fingerprint density at radius 2 is 2.19 bits per heavy atom. The molecule has 0 fully saturated rings. The van der Waals surface area contributed by atoms with Crippen LogP contribution in [0.1, 0.15) is 21.7 Å². The van der Waals surface area contributed by atoms with E-state index < -0.39 is 0 Å². The molecular formula is C14H14N4O3. The molecule has 7 heteroatoms. The summed E-state index contributed by atoms with van der Waals surface area (Å²) >= 11 is 0. The second-order valence-electron chi connectivity index (χ2n) is 5.00. The Morgan fingerprint density at radius 3 is 2.95 bits per heavy atom. The van der Waals surface area contributed by atoms with Crippen LogP contribution in [0.2, 0.25) is 0 Å². The normalized spacial score (nSPS) is 13.9. The summed E-state index contributed by atoms with van der Waals surface area (Å²) in [7, 11) is 1.57. The first-order valence-corrected chi connectivity index (χ1v) is 6.57. The number of nitrogens with one attached hydrogen (secondary N) is 1. The summed E-state index contributed by atoms with van der Waals surface area (Å²) in [4.78, 5) is 44.1. The molecule has 0 aromatic carbocycles. The van der Waals surface area contributed by atoms with Gasteiger partial charge in [-0.1, -0.05) is 0 Å². The van der Waals surface area contributed by atoms with Crippen molar-refractivity contribution in [2.75, 3.05) is 6.54 Å². The molecule has 2 aromatic heterocycles. The molecule has 0 saturated heterocycles. The number of fused-ring (bicyclic) bond motifs is 1. The molecule has 0 spiro atoms. The summed E-state index contributed by atoms with van der Waals surface area (Å²) in [6, 6.07) is 1.46. The number of nitrogens with zero attached hydrogens (tertiary/aromatic N) is 3. The van der Waals surface area contributed by atoms with Gasteiger partial charge in [-0.05, 0) is 0 Å². The minimum atomic E-state index is -0.278. The maximum atomic E-state index is 12.4. The van der Waals surface area contributed by atoms with Crippen molar-refractivity contribution in [3.05, 3.63) is 62.2 Å². The van der Waals surface area contributed by atoms with Crippen molar-refractivity contribution in [1.29, 1.82) is 0 Å². The van der Waals surface area contributed by atoms with Crippen LogP contribution in [0.3, 0.4) is 0 Å². The highest BCUT2D eigenvalue weighted by Crippen LogP contribution is 2.15. The van der Waals surface area contributed by atoms with Gasteiger partial charge in [0.05, 0.1) is 12.7 Å². The maximum Gasteiger partial charge on any atom is 0.274 e. The molecule has 1 aliphatic heterocycles. The highest BCUT2D eigenvalue weighted by Gasteiger charge is 2.24. The zero-order valence-corrected chi connectivity index (χ0v) is 11.5. The van der Waals surface area contributed by atoms with Gasteiger partial charge in [-0.2, -0.15) is 0 Å². The first kappa shape index (κ1) is 13.3. The van der Waals surface area contributed by atoms with E-state index >= 15 is 0 Å². The summed E-state index contributed by atoms with van der Waals surface area (Å²) in [5, 5.41) is 0. The number of aryl methyl sites for hydroxylation is 1. The molecule has 108 valence electrons. The number of carbonyl (C=O) groups excluding carboxylic acids is 1. The molecule has 0 bridgehead atoms. The number of carbonyl (C=O) groups is 1. The summed E-state index contributed by atoms with van der Waals surface area (Å²) in [6.45, 7) is 0.769. The molecular weight excluding hydrogens is 272 g/mol. The highest BCUT2D eigenvalue weighted by atomic mass is 16.2. The Bertz CT molecular complexity index is 821. The molecule has 21 heavy (non-hydrogen) atoms. The van der Waals surface area contributed by atoms with Crippen molar-refractivity contribution in [1.82, 2.24) is 19.4 Å². The number of pyridine rings is 1. The lowest BCUT2D eigenvalue weighted by molar-refractivity contribution is 0.0726. The third kappa shape index (κ3) is 2.37. The third-order valence-electron chi connectivity index (χ3n) is 3.62. The largest absolute Gasteiger partial charge is 0.364 e. The predicted molar refractivity (Wildman–Crippen MR) is 75.0 cm³/mol. The first-order valence-electron chi connectivity index (χ1n) is 6.57. The van der Waals surface area contributed by atoms with Gasteiger partial charge < -0.3 is 14.5 Å². The lowest BCUT2D eigenvalue weighted by atomic mass is 10.1. The second-order valence-corrected chi connectivity index (χ2v) is 5.00. The second kappa shape index (κ2) is 5.01. The molecule has 0 radical (unpaired) electrons. The molecule has 0 saturated carbocycles. The SMILES string of the molecule is Cn1cc(C(=O)N2CCc3[nH]ccc(=O)c3C2)ncc1=O. The van der Waals surface area contributed by atoms with E-state index in [2.05, 4.69) is 9.97 Å². The molecule has 3 rings (SSSR count). The zero-order valence-electron chi connectivity index (χ0n) is 11.5. The lowest BCUT2D eigenvalue weighted by Gasteiger charge is -2.27. The average molecular weight is 286 g/mol. The Balaban J connectivity index is 1.90. The minimum Gasteiger partial charge on any atom is -0.364 e. The van der Waals surface area contributed by atoms with Crippen LogP contribution in [0.5, 0.6) is 0 Å². The fourth-order valence-electron chi connectivity index (χ4n) is 2.41. The molecule has 0 unspecified atom stereocenters. The summed E-state index contributed by atoms with van der Waals surface area (Å²) in [5.74, 6) is -0.278. The molecule has 1 N–H and O–H groups in total. The quantitative estimate of drug-likeness (QED) is 0.777. The average Bonchev–Trinajstić information content (AvgIpc) is 2.49. The Hall–Kier alpha value is -2.70. The van der Waals surface area contributed by atoms with Gasteiger partial charge in [0.1, 0.15) is 5.69 Å². The Morgan fingerprint density at radius 1 is 1.38 bits per heavy atom. The molecule has 1 aliphatic rings. The van der Waals surface area contributed by atoms with Crippen LogP contribution in [-0.2, 0) is 20.0 Å². The molecule has 3 heterocycles. The van der Waals surface area contributed by atoms with E-state index in [0.29, 0.717) is 18.5 Å². The summed E-state index contributed by atoms with van der Waals surface area (Å²) in [5.41, 5.74) is 1.34. The number of aromatic nitrogens is 3. The molecule has 0 aliphatic carbocycles. The third-order valence-corrected chi connectivity index (χ3v) is 3.62. The number of aromatic amines is 1. The van der Waals surface area contributed by atoms with E-state index in [0.717, 1.165) is 11.9 Å². The minimum absolute atomic E-state index is 0.0744. The van der Waals surface area contributed by atoms with Crippen LogP contribution in [0.4, 0.5) is 0 Å². The van der Waals surface area contributed by atoms with Gasteiger partial charge in [0.15, 0.2) is 5.43 Å². The smallest absolute Gasteiger partial charge is 0.274 e. The molecule has 2 aromatic rings. The van der Waals surface area contributed by atoms with E-state index in [4.69, 9.17) is 0 Å². The van der Waals surface area contributed by atoms with Crippen molar-refractivity contribution < 1.29 is 4.79 Å². The number of rotatable bonds is 1. The van der Waals surface area contributed by atoms with Gasteiger partial charge in [-0.3, -0.25) is 14.4 Å². The van der Waals surface area contributed by atoms with Crippen LogP contribution >= 0.6 is 0 Å². The standard InChI is InChI=1S/C14H14N4O3/c1-17-8-11(16-6-13(17)20)14(21)18-5-3-10-9(7-18)12(19)2-4-15-10/h2,4,6,8H,3,5,7H2,1H3,(H,15,19). The number of hydrogen-bond donors (Lipinski definition) is 1. The van der Waals surface area contributed by atoms with Crippen LogP contribution < -0.4 is 11.0 Å². The van der Waals surface area contributed by atoms with E-state index in [-0.39, 0.29) is 29.1 Å². The van der Waals surface area contributed by atoms with Crippen LogP contribution in [-0.4, -0.2) is 31.9 Å². The van der Waals surface area contributed by atoms with Gasteiger partial charge in [0.25, 0.3) is 11.5 Å². The van der Waals surface area contributed by atoms with E-state index in [9.17, 15) is 14.4 Å². The fourth-order valence-corrected chi connectivity index (χ4v) is 2.41. The van der Waals surface area contributed by atoms with E-state index in [1.165, 1.54) is 16.8 Å². The molecule has 0 atom stereocenters. The van der Waals surface area contributed by atoms with Crippen molar-refractivity contribution in [2.24, 2.45) is 7.05 Å². The van der Waals surface area contributed by atoms with Gasteiger partial charge in [-0.15, -0.1) is 0 Å². The van der Waals surface area contributed by atoms with Crippen molar-refractivity contribution in [2.45, 2.75) is 13.0 Å². The monoisotopic (exact) mass is 286 g/mol. The fraction of sp³-hybridized carbons (Fsp3) is 0.286. The molecule has 7 nitrogen and oxygen atoms in total. The van der Waals surface area contributed by atoms with Crippen LogP contribution in [0.15, 0.2) is 34.2 Å². The van der Waals surface area contributed by atoms with E-state index in [1.807, 2.05) is 0 Å². The van der Waals surface area contributed by atoms with Gasteiger partial charge in [0.2, 0.25) is 0 Å². The number of amides is 1. The van der Waals surface area contributed by atoms with Gasteiger partial charge in [0, 0.05) is 49.7 Å². The Kier molecular flexibility index (Phi) is 3.17. The van der Waals surface area contributed by atoms with Gasteiger partial charge >= 0.3 is 0 Å². The summed E-state index contributed by atoms with van der Waals surface area (Å²) < 4.78 is 1.31. The highest BCUT2D eigenvalue weighted by molar-refractivity contribution is 5.92. The maximum absolute atomic E-state index is 12.4. The topological polar surface area (TPSA) is 88.1 Å². The van der Waals surface area contributed by atoms with Gasteiger partial charge in [-0.25, -0.2) is 4.98 Å². The number of hydrogen-bond acceptors (Lipinski definition) is 4. The van der Waals surface area contributed by atoms with Crippen molar-refractivity contribution >= 4 is 5.91 Å². The Labute approximate surface area is 119 Å². The van der Waals surface area contributed by atoms with Crippen LogP contribution in [0, 0.1) is 0 Å². The number of H-pyrrole nitrogens is 1. The van der Waals surface area contributed by atoms with Crippen molar-refractivity contribution in [3.63, 3.8) is 0 Å². The zero-order chi connectivity index (χ0) is 15.0. The first-order chi connectivity index (χ1) is 10.1. The molecule has 1 amide bonds. The van der Waals surface area contributed by atoms with Crippen LogP contribution in [0.25, 0.3) is 0 Å².